The highest BCUT2D eigenvalue weighted by atomic mass is 15.3. The number of hydrogen-bond donors (Lipinski definition) is 2. The van der Waals surface area contributed by atoms with Crippen LogP contribution in [0.15, 0.2) is 47.6 Å². The maximum absolute atomic E-state index is 4.59. The van der Waals surface area contributed by atoms with E-state index in [0.717, 1.165) is 17.3 Å². The number of para-hydroxylation sites is 1. The number of hydrogen-bond acceptors (Lipinski definition) is 2. The van der Waals surface area contributed by atoms with Crippen LogP contribution in [0.25, 0.3) is 5.69 Å². The smallest absolute Gasteiger partial charge is 0.191 e. The van der Waals surface area contributed by atoms with Gasteiger partial charge in [0.05, 0.1) is 17.9 Å². The van der Waals surface area contributed by atoms with Crippen molar-refractivity contribution in [2.24, 2.45) is 4.99 Å². The molecule has 0 amide bonds. The number of aromatic nitrogens is 2. The molecule has 5 nitrogen and oxygen atoms in total. The van der Waals surface area contributed by atoms with Crippen molar-refractivity contribution >= 4 is 5.96 Å². The first-order chi connectivity index (χ1) is 10.8. The van der Waals surface area contributed by atoms with Gasteiger partial charge in [0.2, 0.25) is 0 Å². The molecule has 0 radical (unpaired) electrons. The van der Waals surface area contributed by atoms with Crippen LogP contribution in [0.3, 0.4) is 0 Å². The van der Waals surface area contributed by atoms with Gasteiger partial charge in [-0.15, -0.1) is 0 Å². The van der Waals surface area contributed by atoms with Gasteiger partial charge in [0.25, 0.3) is 0 Å². The summed E-state index contributed by atoms with van der Waals surface area (Å²) in [6.07, 6.45) is 7.10. The van der Waals surface area contributed by atoms with Crippen LogP contribution in [-0.2, 0) is 6.54 Å². The Bertz CT molecular complexity index is 611. The van der Waals surface area contributed by atoms with E-state index < -0.39 is 0 Å². The van der Waals surface area contributed by atoms with E-state index >= 15 is 0 Å². The normalized spacial score (nSPS) is 16.0. The molecule has 116 valence electrons. The number of nitrogens with zero attached hydrogens (tertiary/aromatic N) is 3. The molecule has 1 aliphatic carbocycles. The third-order valence-corrected chi connectivity index (χ3v) is 4.02. The van der Waals surface area contributed by atoms with Gasteiger partial charge in [-0.3, -0.25) is 4.99 Å². The van der Waals surface area contributed by atoms with Crippen molar-refractivity contribution < 1.29 is 0 Å². The quantitative estimate of drug-likeness (QED) is 0.673. The van der Waals surface area contributed by atoms with Gasteiger partial charge >= 0.3 is 0 Å². The lowest BCUT2D eigenvalue weighted by Crippen LogP contribution is -2.42. The molecule has 0 aliphatic heterocycles. The minimum atomic E-state index is 0.563. The third kappa shape index (κ3) is 3.67. The first-order valence-electron chi connectivity index (χ1n) is 7.92. The van der Waals surface area contributed by atoms with Gasteiger partial charge in [-0.25, -0.2) is 4.68 Å². The molecule has 1 aliphatic rings. The minimum absolute atomic E-state index is 0.563. The molecule has 0 bridgehead atoms. The molecular weight excluding hydrogens is 274 g/mol. The summed E-state index contributed by atoms with van der Waals surface area (Å²) in [4.78, 5) is 4.29. The average Bonchev–Trinajstić information content (AvgIpc) is 3.24. The number of aliphatic imine (C=N–C) groups is 1. The van der Waals surface area contributed by atoms with Crippen molar-refractivity contribution in [3.05, 3.63) is 48.3 Å². The minimum Gasteiger partial charge on any atom is -0.354 e. The Kier molecular flexibility index (Phi) is 4.73. The summed E-state index contributed by atoms with van der Waals surface area (Å²) in [6, 6.07) is 12.7. The van der Waals surface area contributed by atoms with Crippen molar-refractivity contribution in [1.29, 1.82) is 0 Å². The lowest BCUT2D eigenvalue weighted by molar-refractivity contribution is 0.612. The van der Waals surface area contributed by atoms with Crippen molar-refractivity contribution in [3.63, 3.8) is 0 Å². The maximum Gasteiger partial charge on any atom is 0.191 e. The Morgan fingerprint density at radius 1 is 1.23 bits per heavy atom. The SMILES string of the molecule is CN=C(NCc1ccn(-c2ccccc2)n1)NC1CCCC1. The molecule has 1 heterocycles. The van der Waals surface area contributed by atoms with Crippen LogP contribution in [0.5, 0.6) is 0 Å². The lowest BCUT2D eigenvalue weighted by atomic mass is 10.2. The van der Waals surface area contributed by atoms with Crippen LogP contribution in [0.2, 0.25) is 0 Å². The average molecular weight is 297 g/mol. The first-order valence-corrected chi connectivity index (χ1v) is 7.92. The second-order valence-corrected chi connectivity index (χ2v) is 5.64. The van der Waals surface area contributed by atoms with Crippen molar-refractivity contribution in [1.82, 2.24) is 20.4 Å². The fourth-order valence-electron chi connectivity index (χ4n) is 2.81. The van der Waals surface area contributed by atoms with E-state index in [9.17, 15) is 0 Å². The largest absolute Gasteiger partial charge is 0.354 e. The highest BCUT2D eigenvalue weighted by molar-refractivity contribution is 5.79. The summed E-state index contributed by atoms with van der Waals surface area (Å²) in [6.45, 7) is 0.673. The van der Waals surface area contributed by atoms with Crippen LogP contribution in [0.4, 0.5) is 0 Å². The van der Waals surface area contributed by atoms with Crippen LogP contribution in [-0.4, -0.2) is 28.8 Å². The molecule has 1 saturated carbocycles. The van der Waals surface area contributed by atoms with Crippen molar-refractivity contribution in [3.8, 4) is 5.69 Å². The Labute approximate surface area is 131 Å². The Morgan fingerprint density at radius 2 is 2.00 bits per heavy atom. The van der Waals surface area contributed by atoms with Gasteiger partial charge in [-0.05, 0) is 31.0 Å². The predicted octanol–water partition coefficient (Wildman–Crippen LogP) is 2.48. The highest BCUT2D eigenvalue weighted by Gasteiger charge is 2.15. The topological polar surface area (TPSA) is 54.2 Å². The van der Waals surface area contributed by atoms with Gasteiger partial charge in [0.15, 0.2) is 5.96 Å². The standard InChI is InChI=1S/C17H23N5/c1-18-17(20-14-7-5-6-8-14)19-13-15-11-12-22(21-15)16-9-3-2-4-10-16/h2-4,9-12,14H,5-8,13H2,1H3,(H2,18,19,20). The van der Waals surface area contributed by atoms with E-state index in [2.05, 4.69) is 20.7 Å². The zero-order valence-corrected chi connectivity index (χ0v) is 13.0. The molecule has 2 aromatic rings. The molecule has 0 unspecified atom stereocenters. The Hall–Kier alpha value is -2.30. The van der Waals surface area contributed by atoms with Gasteiger partial charge in [-0.1, -0.05) is 31.0 Å². The molecule has 1 aromatic heterocycles. The van der Waals surface area contributed by atoms with E-state index in [-0.39, 0.29) is 0 Å². The van der Waals surface area contributed by atoms with Gasteiger partial charge < -0.3 is 10.6 Å². The van der Waals surface area contributed by atoms with Gasteiger partial charge in [-0.2, -0.15) is 5.10 Å². The zero-order chi connectivity index (χ0) is 15.2. The molecule has 0 saturated heterocycles. The monoisotopic (exact) mass is 297 g/mol. The van der Waals surface area contributed by atoms with Gasteiger partial charge in [0.1, 0.15) is 0 Å². The third-order valence-electron chi connectivity index (χ3n) is 4.02. The number of rotatable bonds is 4. The molecular formula is C17H23N5. The van der Waals surface area contributed by atoms with E-state index in [1.54, 1.807) is 0 Å². The molecule has 1 fully saturated rings. The molecule has 5 heteroatoms. The molecule has 2 N–H and O–H groups in total. The molecule has 22 heavy (non-hydrogen) atoms. The van der Waals surface area contributed by atoms with E-state index in [4.69, 9.17) is 0 Å². The Balaban J connectivity index is 1.56. The number of guanidine groups is 1. The summed E-state index contributed by atoms with van der Waals surface area (Å²) in [5, 5.41) is 11.4. The van der Waals surface area contributed by atoms with Crippen molar-refractivity contribution in [2.45, 2.75) is 38.3 Å². The predicted molar refractivity (Wildman–Crippen MR) is 89.2 cm³/mol. The number of benzene rings is 1. The maximum atomic E-state index is 4.59. The van der Waals surface area contributed by atoms with Crippen molar-refractivity contribution in [2.75, 3.05) is 7.05 Å². The second-order valence-electron chi connectivity index (χ2n) is 5.64. The summed E-state index contributed by atoms with van der Waals surface area (Å²) in [5.74, 6) is 0.862. The zero-order valence-electron chi connectivity index (χ0n) is 13.0. The summed E-state index contributed by atoms with van der Waals surface area (Å²) in [7, 11) is 1.81. The second kappa shape index (κ2) is 7.11. The molecule has 0 atom stereocenters. The number of nitrogens with one attached hydrogen (secondary N) is 2. The van der Waals surface area contributed by atoms with Crippen LogP contribution >= 0.6 is 0 Å². The summed E-state index contributed by atoms with van der Waals surface area (Å²) >= 11 is 0. The van der Waals surface area contributed by atoms with E-state index in [1.165, 1.54) is 25.7 Å². The van der Waals surface area contributed by atoms with Crippen LogP contribution in [0, 0.1) is 0 Å². The first kappa shape index (κ1) is 14.6. The van der Waals surface area contributed by atoms with Crippen LogP contribution < -0.4 is 10.6 Å². The summed E-state index contributed by atoms with van der Waals surface area (Å²) in [5.41, 5.74) is 2.07. The fraction of sp³-hybridized carbons (Fsp3) is 0.412. The Morgan fingerprint density at radius 3 is 2.73 bits per heavy atom. The highest BCUT2D eigenvalue weighted by Crippen LogP contribution is 2.17. The fourth-order valence-corrected chi connectivity index (χ4v) is 2.81. The lowest BCUT2D eigenvalue weighted by Gasteiger charge is -2.16. The van der Waals surface area contributed by atoms with E-state index in [0.29, 0.717) is 12.6 Å². The molecule has 0 spiro atoms. The van der Waals surface area contributed by atoms with Crippen LogP contribution in [0.1, 0.15) is 31.4 Å². The molecule has 1 aromatic carbocycles. The van der Waals surface area contributed by atoms with E-state index in [1.807, 2.05) is 54.3 Å². The van der Waals surface area contributed by atoms with Gasteiger partial charge in [0, 0.05) is 19.3 Å². The molecule has 3 rings (SSSR count). The summed E-state index contributed by atoms with van der Waals surface area (Å²) < 4.78 is 1.89.